The van der Waals surface area contributed by atoms with Gasteiger partial charge in [-0.2, -0.15) is 0 Å². The number of hydrogen-bond donors (Lipinski definition) is 1. The lowest BCUT2D eigenvalue weighted by Gasteiger charge is -2.28. The van der Waals surface area contributed by atoms with E-state index in [1.165, 1.54) is 18.3 Å². The van der Waals surface area contributed by atoms with Gasteiger partial charge in [0.15, 0.2) is 0 Å². The molecule has 3 nitrogen and oxygen atoms in total. The fourth-order valence-electron chi connectivity index (χ4n) is 1.99. The lowest BCUT2D eigenvalue weighted by Crippen LogP contribution is -2.39. The van der Waals surface area contributed by atoms with Gasteiger partial charge in [-0.25, -0.2) is 4.39 Å². The third-order valence-corrected chi connectivity index (χ3v) is 2.99. The first-order valence-corrected chi connectivity index (χ1v) is 5.71. The molecule has 0 aromatic heterocycles. The van der Waals surface area contributed by atoms with E-state index in [-0.39, 0.29) is 11.7 Å². The summed E-state index contributed by atoms with van der Waals surface area (Å²) in [7, 11) is 2.05. The molecule has 0 amide bonds. The molecular weight excluding hydrogens is 217 g/mol. The van der Waals surface area contributed by atoms with E-state index in [2.05, 4.69) is 9.89 Å². The summed E-state index contributed by atoms with van der Waals surface area (Å²) in [6.45, 7) is 1.80. The molecule has 1 heterocycles. The monoisotopic (exact) mass is 233 g/mol. The minimum absolute atomic E-state index is 0.0822. The van der Waals surface area contributed by atoms with Crippen molar-refractivity contribution in [3.63, 3.8) is 0 Å². The third-order valence-electron chi connectivity index (χ3n) is 2.99. The van der Waals surface area contributed by atoms with E-state index in [0.29, 0.717) is 0 Å². The molecule has 0 radical (unpaired) electrons. The standard InChI is InChI=1S/C13H16FN3/c1-17-7-6-13(10(8-15)9-17)16-12-4-2-11(14)3-5-12/h2-5,8,10,15H,6-7,9H2,1H3. The number of nitrogens with one attached hydrogen (secondary N) is 1. The van der Waals surface area contributed by atoms with E-state index in [1.54, 1.807) is 12.1 Å². The topological polar surface area (TPSA) is 39.5 Å². The fraction of sp³-hybridized carbons (Fsp3) is 0.385. The summed E-state index contributed by atoms with van der Waals surface area (Å²) in [6.07, 6.45) is 2.31. The highest BCUT2D eigenvalue weighted by Gasteiger charge is 2.21. The molecular formula is C13H16FN3. The molecule has 1 unspecified atom stereocenters. The summed E-state index contributed by atoms with van der Waals surface area (Å²) in [4.78, 5) is 6.71. The number of hydrogen-bond acceptors (Lipinski definition) is 3. The Morgan fingerprint density at radius 2 is 2.12 bits per heavy atom. The summed E-state index contributed by atoms with van der Waals surface area (Å²) in [5.41, 5.74) is 1.78. The fourth-order valence-corrected chi connectivity index (χ4v) is 1.99. The molecule has 90 valence electrons. The minimum Gasteiger partial charge on any atom is -0.312 e. The average Bonchev–Trinajstić information content (AvgIpc) is 2.34. The Hall–Kier alpha value is -1.55. The summed E-state index contributed by atoms with van der Waals surface area (Å²) < 4.78 is 12.8. The molecule has 1 aliphatic rings. The zero-order valence-corrected chi connectivity index (χ0v) is 9.86. The van der Waals surface area contributed by atoms with E-state index in [4.69, 9.17) is 5.41 Å². The number of benzene rings is 1. The first kappa shape index (κ1) is 11.9. The predicted molar refractivity (Wildman–Crippen MR) is 67.9 cm³/mol. The van der Waals surface area contributed by atoms with Gasteiger partial charge in [0.05, 0.1) is 5.69 Å². The van der Waals surface area contributed by atoms with Crippen LogP contribution in [0.3, 0.4) is 0 Å². The van der Waals surface area contributed by atoms with Gasteiger partial charge in [-0.05, 0) is 37.7 Å². The van der Waals surface area contributed by atoms with Crippen LogP contribution in [0.5, 0.6) is 0 Å². The molecule has 1 N–H and O–H groups in total. The molecule has 1 fully saturated rings. The van der Waals surface area contributed by atoms with Gasteiger partial charge in [0.25, 0.3) is 0 Å². The lowest BCUT2D eigenvalue weighted by molar-refractivity contribution is 0.318. The van der Waals surface area contributed by atoms with Crippen LogP contribution in [0.25, 0.3) is 0 Å². The SMILES string of the molecule is CN1CCC(=Nc2ccc(F)cc2)C(C=N)C1. The van der Waals surface area contributed by atoms with Crippen molar-refractivity contribution in [2.24, 2.45) is 10.9 Å². The normalized spacial score (nSPS) is 23.9. The second kappa shape index (κ2) is 5.19. The number of piperidine rings is 1. The summed E-state index contributed by atoms with van der Waals surface area (Å²) in [6, 6.07) is 6.16. The molecule has 4 heteroatoms. The second-order valence-electron chi connectivity index (χ2n) is 4.36. The molecule has 1 atom stereocenters. The molecule has 1 saturated heterocycles. The Labute approximate surface area is 100 Å². The van der Waals surface area contributed by atoms with Gasteiger partial charge in [-0.1, -0.05) is 0 Å². The highest BCUT2D eigenvalue weighted by molar-refractivity contribution is 6.00. The minimum atomic E-state index is -0.249. The Morgan fingerprint density at radius 1 is 1.41 bits per heavy atom. The van der Waals surface area contributed by atoms with E-state index in [9.17, 15) is 4.39 Å². The molecule has 17 heavy (non-hydrogen) atoms. The van der Waals surface area contributed by atoms with Gasteiger partial charge in [0, 0.05) is 30.9 Å². The molecule has 1 aliphatic heterocycles. The van der Waals surface area contributed by atoms with Gasteiger partial charge >= 0.3 is 0 Å². The smallest absolute Gasteiger partial charge is 0.123 e. The third kappa shape index (κ3) is 2.97. The Morgan fingerprint density at radius 3 is 2.76 bits per heavy atom. The van der Waals surface area contributed by atoms with Crippen molar-refractivity contribution in [2.75, 3.05) is 20.1 Å². The van der Waals surface area contributed by atoms with Gasteiger partial charge in [-0.3, -0.25) is 4.99 Å². The quantitative estimate of drug-likeness (QED) is 0.783. The molecule has 0 bridgehead atoms. The van der Waals surface area contributed by atoms with Crippen LogP contribution in [-0.4, -0.2) is 37.0 Å². The van der Waals surface area contributed by atoms with Crippen molar-refractivity contribution in [1.82, 2.24) is 4.90 Å². The molecule has 0 saturated carbocycles. The van der Waals surface area contributed by atoms with Gasteiger partial charge < -0.3 is 10.3 Å². The van der Waals surface area contributed by atoms with Crippen LogP contribution in [0.15, 0.2) is 29.3 Å². The van der Waals surface area contributed by atoms with Crippen molar-refractivity contribution in [2.45, 2.75) is 6.42 Å². The van der Waals surface area contributed by atoms with Crippen molar-refractivity contribution >= 4 is 17.6 Å². The largest absolute Gasteiger partial charge is 0.312 e. The number of rotatable bonds is 2. The zero-order chi connectivity index (χ0) is 12.3. The van der Waals surface area contributed by atoms with E-state index < -0.39 is 0 Å². The summed E-state index contributed by atoms with van der Waals surface area (Å²) in [5, 5.41) is 7.42. The van der Waals surface area contributed by atoms with Crippen LogP contribution < -0.4 is 0 Å². The van der Waals surface area contributed by atoms with E-state index >= 15 is 0 Å². The molecule has 1 aromatic carbocycles. The maximum atomic E-state index is 12.8. The van der Waals surface area contributed by atoms with E-state index in [0.717, 1.165) is 30.9 Å². The molecule has 0 spiro atoms. The van der Waals surface area contributed by atoms with Gasteiger partial charge in [0.2, 0.25) is 0 Å². The van der Waals surface area contributed by atoms with Crippen molar-refractivity contribution in [3.05, 3.63) is 30.1 Å². The first-order chi connectivity index (χ1) is 8.19. The van der Waals surface area contributed by atoms with Crippen LogP contribution in [0.1, 0.15) is 6.42 Å². The number of nitrogens with zero attached hydrogens (tertiary/aromatic N) is 2. The number of halogens is 1. The van der Waals surface area contributed by atoms with Gasteiger partial charge in [0.1, 0.15) is 5.82 Å². The van der Waals surface area contributed by atoms with Crippen molar-refractivity contribution in [1.29, 1.82) is 5.41 Å². The lowest BCUT2D eigenvalue weighted by atomic mass is 9.97. The van der Waals surface area contributed by atoms with Crippen LogP contribution in [0, 0.1) is 17.1 Å². The second-order valence-corrected chi connectivity index (χ2v) is 4.36. The highest BCUT2D eigenvalue weighted by atomic mass is 19.1. The Kier molecular flexibility index (Phi) is 3.64. The maximum Gasteiger partial charge on any atom is 0.123 e. The summed E-state index contributed by atoms with van der Waals surface area (Å²) in [5.74, 6) is -0.167. The van der Waals surface area contributed by atoms with Crippen LogP contribution in [0.2, 0.25) is 0 Å². The first-order valence-electron chi connectivity index (χ1n) is 5.71. The van der Waals surface area contributed by atoms with Gasteiger partial charge in [-0.15, -0.1) is 0 Å². The van der Waals surface area contributed by atoms with E-state index in [1.807, 2.05) is 7.05 Å². The summed E-state index contributed by atoms with van der Waals surface area (Å²) >= 11 is 0. The Balaban J connectivity index is 2.20. The van der Waals surface area contributed by atoms with Crippen molar-refractivity contribution in [3.8, 4) is 0 Å². The Bertz CT molecular complexity index is 425. The molecule has 0 aliphatic carbocycles. The number of aliphatic imine (C=N–C) groups is 1. The zero-order valence-electron chi connectivity index (χ0n) is 9.86. The average molecular weight is 233 g/mol. The van der Waals surface area contributed by atoms with Crippen LogP contribution in [-0.2, 0) is 0 Å². The predicted octanol–water partition coefficient (Wildman–Crippen LogP) is 2.50. The highest BCUT2D eigenvalue weighted by Crippen LogP contribution is 2.18. The number of likely N-dealkylation sites (tertiary alicyclic amines) is 1. The van der Waals surface area contributed by atoms with Crippen LogP contribution in [0.4, 0.5) is 10.1 Å². The van der Waals surface area contributed by atoms with Crippen LogP contribution >= 0.6 is 0 Å². The maximum absolute atomic E-state index is 12.8. The molecule has 1 aromatic rings. The van der Waals surface area contributed by atoms with Crippen molar-refractivity contribution < 1.29 is 4.39 Å². The molecule has 2 rings (SSSR count).